The van der Waals surface area contributed by atoms with Crippen molar-refractivity contribution >= 4 is 38.6 Å². The number of nitrogens with one attached hydrogen (secondary N) is 1. The lowest BCUT2D eigenvalue weighted by Gasteiger charge is -2.26. The number of carbonyl (C=O) groups is 1. The number of fused-ring (bicyclic) bond motifs is 1. The van der Waals surface area contributed by atoms with Gasteiger partial charge in [0.25, 0.3) is 10.0 Å². The molecule has 0 saturated heterocycles. The van der Waals surface area contributed by atoms with Crippen LogP contribution in [0.1, 0.15) is 20.8 Å². The molecule has 0 unspecified atom stereocenters. The molecule has 2 heterocycles. The zero-order valence-electron chi connectivity index (χ0n) is 14.3. The second kappa shape index (κ2) is 6.34. The fourth-order valence-corrected chi connectivity index (χ4v) is 4.69. The predicted molar refractivity (Wildman–Crippen MR) is 98.9 cm³/mol. The molecule has 1 aliphatic heterocycles. The lowest BCUT2D eigenvalue weighted by Crippen LogP contribution is -2.42. The number of benzene rings is 1. The highest BCUT2D eigenvalue weighted by molar-refractivity contribution is 7.94. The third kappa shape index (κ3) is 3.36. The molecule has 1 aromatic heterocycles. The van der Waals surface area contributed by atoms with E-state index in [4.69, 9.17) is 4.74 Å². The van der Waals surface area contributed by atoms with E-state index in [1.807, 2.05) is 20.8 Å². The van der Waals surface area contributed by atoms with Gasteiger partial charge >= 0.3 is 0 Å². The van der Waals surface area contributed by atoms with Gasteiger partial charge in [0.2, 0.25) is 5.91 Å². The molecular weight excluding hydrogens is 360 g/mol. The van der Waals surface area contributed by atoms with Crippen molar-refractivity contribution in [2.24, 2.45) is 5.41 Å². The molecule has 0 fully saturated rings. The molecule has 1 N–H and O–H groups in total. The van der Waals surface area contributed by atoms with Gasteiger partial charge < -0.3 is 9.64 Å². The summed E-state index contributed by atoms with van der Waals surface area (Å²) < 4.78 is 33.4. The molecule has 1 amide bonds. The molecule has 0 radical (unpaired) electrons. The fourth-order valence-electron chi connectivity index (χ4n) is 2.65. The van der Waals surface area contributed by atoms with Gasteiger partial charge in [-0.1, -0.05) is 6.07 Å². The van der Waals surface area contributed by atoms with E-state index in [9.17, 15) is 13.2 Å². The van der Waals surface area contributed by atoms with E-state index in [0.29, 0.717) is 23.7 Å². The maximum absolute atomic E-state index is 12.7. The largest absolute Gasteiger partial charge is 0.490 e. The van der Waals surface area contributed by atoms with Crippen molar-refractivity contribution < 1.29 is 17.9 Å². The molecule has 0 spiro atoms. The first-order valence-corrected chi connectivity index (χ1v) is 10.3. The fraction of sp³-hybridized carbons (Fsp3) is 0.353. The Balaban J connectivity index is 1.95. The van der Waals surface area contributed by atoms with Gasteiger partial charge in [-0.15, -0.1) is 11.3 Å². The predicted octanol–water partition coefficient (Wildman–Crippen LogP) is 3.32. The Kier molecular flexibility index (Phi) is 4.51. The van der Waals surface area contributed by atoms with Gasteiger partial charge in [0.1, 0.15) is 16.6 Å². The highest BCUT2D eigenvalue weighted by atomic mass is 32.2. The number of nitrogens with zero attached hydrogens (tertiary/aromatic N) is 1. The summed E-state index contributed by atoms with van der Waals surface area (Å²) in [6, 6.07) is 8.21. The minimum Gasteiger partial charge on any atom is -0.490 e. The molecule has 6 nitrogen and oxygen atoms in total. The van der Waals surface area contributed by atoms with Crippen LogP contribution in [-0.4, -0.2) is 27.5 Å². The molecular formula is C17H20N2O4S2. The van der Waals surface area contributed by atoms with Crippen LogP contribution in [0.2, 0.25) is 0 Å². The first kappa shape index (κ1) is 17.8. The van der Waals surface area contributed by atoms with Crippen molar-refractivity contribution in [1.29, 1.82) is 0 Å². The number of carbonyl (C=O) groups excluding carboxylic acids is 1. The Hall–Kier alpha value is -2.06. The Morgan fingerprint density at radius 2 is 2.08 bits per heavy atom. The van der Waals surface area contributed by atoms with Crippen LogP contribution >= 0.6 is 11.3 Å². The number of ether oxygens (including phenoxy) is 1. The van der Waals surface area contributed by atoms with Gasteiger partial charge in [-0.2, -0.15) is 0 Å². The van der Waals surface area contributed by atoms with Gasteiger partial charge in [-0.25, -0.2) is 8.42 Å². The lowest BCUT2D eigenvalue weighted by molar-refractivity contribution is -0.127. The minimum atomic E-state index is -3.63. The number of hydrogen-bond acceptors (Lipinski definition) is 5. The summed E-state index contributed by atoms with van der Waals surface area (Å²) in [7, 11) is -3.63. The van der Waals surface area contributed by atoms with Gasteiger partial charge in [0.15, 0.2) is 0 Å². The Labute approximate surface area is 151 Å². The van der Waals surface area contributed by atoms with Crippen LogP contribution in [0.4, 0.5) is 11.4 Å². The smallest absolute Gasteiger partial charge is 0.271 e. The van der Waals surface area contributed by atoms with E-state index in [1.54, 1.807) is 40.6 Å². The summed E-state index contributed by atoms with van der Waals surface area (Å²) in [6.07, 6.45) is 0. The van der Waals surface area contributed by atoms with Gasteiger partial charge in [0, 0.05) is 12.6 Å². The standard InChI is InChI=1S/C17H20N2O4S2/c1-4-19-13-8-7-12(18-25(21,22)15-6-5-9-24-15)10-14(13)23-11-17(2,3)16(19)20/h5-10,18H,4,11H2,1-3H3. The number of thiophene rings is 1. The summed E-state index contributed by atoms with van der Waals surface area (Å²) >= 11 is 1.15. The highest BCUT2D eigenvalue weighted by Gasteiger charge is 2.37. The second-order valence-corrected chi connectivity index (χ2v) is 9.30. The summed E-state index contributed by atoms with van der Waals surface area (Å²) in [5.41, 5.74) is 0.401. The van der Waals surface area contributed by atoms with Gasteiger partial charge in [-0.05, 0) is 44.4 Å². The van der Waals surface area contributed by atoms with Crippen molar-refractivity contribution in [3.8, 4) is 5.75 Å². The third-order valence-corrected chi connectivity index (χ3v) is 6.77. The molecule has 2 aromatic rings. The lowest BCUT2D eigenvalue weighted by atomic mass is 9.93. The maximum Gasteiger partial charge on any atom is 0.271 e. The Morgan fingerprint density at radius 3 is 2.72 bits per heavy atom. The number of sulfonamides is 1. The van der Waals surface area contributed by atoms with Crippen LogP contribution in [0.3, 0.4) is 0 Å². The normalized spacial score (nSPS) is 16.8. The Bertz CT molecular complexity index is 889. The number of anilines is 2. The third-order valence-electron chi connectivity index (χ3n) is 3.99. The van der Waals surface area contributed by atoms with E-state index < -0.39 is 15.4 Å². The van der Waals surface area contributed by atoms with Crippen molar-refractivity contribution in [1.82, 2.24) is 0 Å². The van der Waals surface area contributed by atoms with E-state index >= 15 is 0 Å². The molecule has 8 heteroatoms. The van der Waals surface area contributed by atoms with Crippen LogP contribution in [0.5, 0.6) is 5.75 Å². The number of rotatable bonds is 4. The molecule has 0 saturated carbocycles. The number of hydrogen-bond donors (Lipinski definition) is 1. The summed E-state index contributed by atoms with van der Waals surface area (Å²) in [5.74, 6) is 0.479. The molecule has 0 atom stereocenters. The first-order valence-electron chi connectivity index (χ1n) is 7.90. The van der Waals surface area contributed by atoms with Crippen molar-refractivity contribution in [2.45, 2.75) is 25.0 Å². The zero-order valence-corrected chi connectivity index (χ0v) is 15.9. The minimum absolute atomic E-state index is 0.0133. The summed E-state index contributed by atoms with van der Waals surface area (Å²) in [6.45, 7) is 6.32. The van der Waals surface area contributed by atoms with Crippen LogP contribution in [0.25, 0.3) is 0 Å². The first-order chi connectivity index (χ1) is 11.7. The van der Waals surface area contributed by atoms with Crippen molar-refractivity contribution in [3.05, 3.63) is 35.7 Å². The second-order valence-electron chi connectivity index (χ2n) is 6.44. The van der Waals surface area contributed by atoms with Gasteiger partial charge in [0.05, 0.1) is 16.8 Å². The Morgan fingerprint density at radius 1 is 1.32 bits per heavy atom. The van der Waals surface area contributed by atoms with E-state index in [0.717, 1.165) is 11.3 Å². The summed E-state index contributed by atoms with van der Waals surface area (Å²) in [5, 5.41) is 1.71. The van der Waals surface area contributed by atoms with E-state index in [1.165, 1.54) is 0 Å². The van der Waals surface area contributed by atoms with E-state index in [2.05, 4.69) is 4.72 Å². The molecule has 3 rings (SSSR count). The van der Waals surface area contributed by atoms with Crippen molar-refractivity contribution in [3.63, 3.8) is 0 Å². The number of amides is 1. The van der Waals surface area contributed by atoms with Gasteiger partial charge in [-0.3, -0.25) is 9.52 Å². The van der Waals surface area contributed by atoms with Crippen LogP contribution in [0, 0.1) is 5.41 Å². The quantitative estimate of drug-likeness (QED) is 0.883. The van der Waals surface area contributed by atoms with Crippen LogP contribution in [-0.2, 0) is 14.8 Å². The SMILES string of the molecule is CCN1C(=O)C(C)(C)COc2cc(NS(=O)(=O)c3cccs3)ccc21. The van der Waals surface area contributed by atoms with Crippen LogP contribution in [0.15, 0.2) is 39.9 Å². The molecule has 0 aliphatic carbocycles. The topological polar surface area (TPSA) is 75.7 Å². The zero-order chi connectivity index (χ0) is 18.2. The molecule has 0 bridgehead atoms. The average Bonchev–Trinajstić information content (AvgIpc) is 3.07. The molecule has 134 valence electrons. The van der Waals surface area contributed by atoms with Crippen molar-refractivity contribution in [2.75, 3.05) is 22.8 Å². The molecule has 1 aliphatic rings. The average molecular weight is 380 g/mol. The maximum atomic E-state index is 12.7. The summed E-state index contributed by atoms with van der Waals surface area (Å²) in [4.78, 5) is 14.3. The van der Waals surface area contributed by atoms with Crippen LogP contribution < -0.4 is 14.4 Å². The van der Waals surface area contributed by atoms with E-state index in [-0.39, 0.29) is 16.7 Å². The molecule has 25 heavy (non-hydrogen) atoms. The monoisotopic (exact) mass is 380 g/mol. The highest BCUT2D eigenvalue weighted by Crippen LogP contribution is 2.38. The molecule has 1 aromatic carbocycles.